The molecule has 1 aliphatic carbocycles. The van der Waals surface area contributed by atoms with Crippen molar-refractivity contribution in [3.63, 3.8) is 0 Å². The molecule has 2 aromatic rings. The Hall–Kier alpha value is -2.90. The van der Waals surface area contributed by atoms with Gasteiger partial charge in [0.25, 0.3) is 5.70 Å². The number of hydrogen-bond acceptors (Lipinski definition) is 6. The summed E-state index contributed by atoms with van der Waals surface area (Å²) in [4.78, 5) is 40.2. The molecular formula is C21H13ClN2O4S. The van der Waals surface area contributed by atoms with E-state index < -0.39 is 10.8 Å². The number of benzene rings is 2. The molecule has 1 saturated heterocycles. The Morgan fingerprint density at radius 2 is 1.79 bits per heavy atom. The Labute approximate surface area is 175 Å². The van der Waals surface area contributed by atoms with Crippen LogP contribution in [-0.2, 0) is 0 Å². The fourth-order valence-electron chi connectivity index (χ4n) is 4.21. The van der Waals surface area contributed by atoms with Crippen LogP contribution in [0.15, 0.2) is 70.5 Å². The minimum atomic E-state index is -0.958. The second-order valence-corrected chi connectivity index (χ2v) is 8.42. The van der Waals surface area contributed by atoms with Crippen molar-refractivity contribution < 1.29 is 14.5 Å². The highest BCUT2D eigenvalue weighted by Gasteiger charge is 2.51. The van der Waals surface area contributed by atoms with Gasteiger partial charge in [-0.15, -0.1) is 0 Å². The van der Waals surface area contributed by atoms with Crippen molar-refractivity contribution in [2.24, 2.45) is 0 Å². The number of Topliss-reactive ketones (excluding diaryl/α,β-unsaturated/α-hetero) is 2. The number of hydrogen-bond donors (Lipinski definition) is 0. The molecule has 0 saturated carbocycles. The average Bonchev–Trinajstić information content (AvgIpc) is 3.19. The van der Waals surface area contributed by atoms with Gasteiger partial charge < -0.3 is 4.90 Å². The maximum Gasteiger partial charge on any atom is 0.288 e. The topological polar surface area (TPSA) is 80.5 Å². The number of ketones is 2. The second-order valence-electron chi connectivity index (χ2n) is 6.90. The molecule has 0 spiro atoms. The zero-order valence-corrected chi connectivity index (χ0v) is 16.5. The highest BCUT2D eigenvalue weighted by molar-refractivity contribution is 8.03. The summed E-state index contributed by atoms with van der Waals surface area (Å²) >= 11 is 7.49. The van der Waals surface area contributed by atoms with E-state index in [2.05, 4.69) is 0 Å². The summed E-state index contributed by atoms with van der Waals surface area (Å²) in [6.07, 6.45) is 0. The molecule has 2 aliphatic heterocycles. The van der Waals surface area contributed by atoms with Crippen molar-refractivity contribution in [2.75, 3.05) is 12.3 Å². The van der Waals surface area contributed by atoms with Gasteiger partial charge in [-0.1, -0.05) is 59.8 Å². The first-order valence-corrected chi connectivity index (χ1v) is 10.3. The van der Waals surface area contributed by atoms with Crippen LogP contribution >= 0.6 is 23.4 Å². The number of nitro groups is 1. The van der Waals surface area contributed by atoms with Gasteiger partial charge in [0.05, 0.1) is 10.6 Å². The molecule has 0 bridgehead atoms. The molecular weight excluding hydrogens is 412 g/mol. The van der Waals surface area contributed by atoms with E-state index in [1.807, 2.05) is 0 Å². The first kappa shape index (κ1) is 18.1. The Bertz CT molecular complexity index is 1190. The van der Waals surface area contributed by atoms with Gasteiger partial charge in [0.1, 0.15) is 5.92 Å². The zero-order chi connectivity index (χ0) is 20.3. The summed E-state index contributed by atoms with van der Waals surface area (Å²) in [6, 6.07) is 13.3. The summed E-state index contributed by atoms with van der Waals surface area (Å²) in [6.45, 7) is 0.444. The number of fused-ring (bicyclic) bond motifs is 3. The summed E-state index contributed by atoms with van der Waals surface area (Å²) in [5.74, 6) is -0.977. The van der Waals surface area contributed by atoms with Crippen LogP contribution in [0.4, 0.5) is 0 Å². The zero-order valence-electron chi connectivity index (χ0n) is 14.9. The van der Waals surface area contributed by atoms with E-state index in [1.54, 1.807) is 53.4 Å². The standard InChI is InChI=1S/C21H13ClN2O4S/c22-12-5-3-4-11(10-12)15-16-17(23-8-9-29-21(23)18(15)24(27)28)20(26)14-7-2-1-6-13(14)19(16)25/h1-7,10,15H,8-9H2. The number of allylic oxidation sites excluding steroid dienone is 2. The summed E-state index contributed by atoms with van der Waals surface area (Å²) < 4.78 is 0. The normalized spacial score (nSPS) is 20.6. The van der Waals surface area contributed by atoms with Crippen LogP contribution in [0.5, 0.6) is 0 Å². The molecule has 0 radical (unpaired) electrons. The molecule has 29 heavy (non-hydrogen) atoms. The van der Waals surface area contributed by atoms with Crippen molar-refractivity contribution in [3.05, 3.63) is 102 Å². The third kappa shape index (κ3) is 2.58. The Morgan fingerprint density at radius 3 is 2.48 bits per heavy atom. The molecule has 0 aromatic heterocycles. The number of rotatable bonds is 2. The van der Waals surface area contributed by atoms with E-state index in [1.165, 1.54) is 11.8 Å². The molecule has 0 amide bonds. The van der Waals surface area contributed by atoms with Gasteiger partial charge in [0.15, 0.2) is 10.8 Å². The Balaban J connectivity index is 1.83. The molecule has 5 rings (SSSR count). The van der Waals surface area contributed by atoms with Crippen LogP contribution in [0.25, 0.3) is 0 Å². The van der Waals surface area contributed by atoms with E-state index >= 15 is 0 Å². The van der Waals surface area contributed by atoms with Gasteiger partial charge in [-0.3, -0.25) is 19.7 Å². The Morgan fingerprint density at radius 1 is 1.07 bits per heavy atom. The monoisotopic (exact) mass is 424 g/mol. The Kier molecular flexibility index (Phi) is 4.11. The average molecular weight is 425 g/mol. The predicted octanol–water partition coefficient (Wildman–Crippen LogP) is 4.27. The van der Waals surface area contributed by atoms with Crippen molar-refractivity contribution in [1.82, 2.24) is 4.90 Å². The van der Waals surface area contributed by atoms with Crippen LogP contribution in [0.3, 0.4) is 0 Å². The van der Waals surface area contributed by atoms with Crippen LogP contribution in [0.2, 0.25) is 5.02 Å². The molecule has 0 N–H and O–H groups in total. The van der Waals surface area contributed by atoms with Crippen molar-refractivity contribution >= 4 is 34.9 Å². The molecule has 8 heteroatoms. The fraction of sp³-hybridized carbons (Fsp3) is 0.143. The van der Waals surface area contributed by atoms with Crippen LogP contribution < -0.4 is 0 Å². The van der Waals surface area contributed by atoms with E-state index in [9.17, 15) is 19.7 Å². The first-order valence-electron chi connectivity index (χ1n) is 8.96. The molecule has 3 aliphatic rings. The second kappa shape index (κ2) is 6.57. The third-order valence-corrected chi connectivity index (χ3v) is 6.68. The molecule has 2 heterocycles. The highest BCUT2D eigenvalue weighted by atomic mass is 35.5. The first-order chi connectivity index (χ1) is 14.0. The number of halogens is 1. The van der Waals surface area contributed by atoms with E-state index in [-0.39, 0.29) is 34.1 Å². The number of thioether (sulfide) groups is 1. The summed E-state index contributed by atoms with van der Waals surface area (Å²) in [7, 11) is 0. The molecule has 1 unspecified atom stereocenters. The maximum atomic E-state index is 13.5. The molecule has 2 aromatic carbocycles. The highest BCUT2D eigenvalue weighted by Crippen LogP contribution is 2.51. The lowest BCUT2D eigenvalue weighted by Crippen LogP contribution is -2.39. The minimum Gasteiger partial charge on any atom is -0.326 e. The van der Waals surface area contributed by atoms with Gasteiger partial charge in [-0.25, -0.2) is 0 Å². The minimum absolute atomic E-state index is 0.0750. The quantitative estimate of drug-likeness (QED) is 0.529. The van der Waals surface area contributed by atoms with Gasteiger partial charge >= 0.3 is 0 Å². The maximum absolute atomic E-state index is 13.5. The molecule has 1 fully saturated rings. The fourth-order valence-corrected chi connectivity index (χ4v) is 5.56. The van der Waals surface area contributed by atoms with Gasteiger partial charge in [-0.2, -0.15) is 0 Å². The lowest BCUT2D eigenvalue weighted by molar-refractivity contribution is -0.430. The number of carbonyl (C=O) groups is 2. The van der Waals surface area contributed by atoms with Crippen molar-refractivity contribution in [3.8, 4) is 0 Å². The van der Waals surface area contributed by atoms with Crippen molar-refractivity contribution in [2.45, 2.75) is 5.92 Å². The van der Waals surface area contributed by atoms with Gasteiger partial charge in [-0.05, 0) is 17.7 Å². The van der Waals surface area contributed by atoms with E-state index in [4.69, 9.17) is 11.6 Å². The van der Waals surface area contributed by atoms with Crippen molar-refractivity contribution in [1.29, 1.82) is 0 Å². The smallest absolute Gasteiger partial charge is 0.288 e. The van der Waals surface area contributed by atoms with Crippen LogP contribution in [0, 0.1) is 10.1 Å². The lowest BCUT2D eigenvalue weighted by atomic mass is 9.75. The van der Waals surface area contributed by atoms with E-state index in [0.717, 1.165) is 0 Å². The van der Waals surface area contributed by atoms with Crippen LogP contribution in [-0.4, -0.2) is 33.7 Å². The molecule has 1 atom stereocenters. The largest absolute Gasteiger partial charge is 0.326 e. The number of carbonyl (C=O) groups excluding carboxylic acids is 2. The van der Waals surface area contributed by atoms with E-state index in [0.29, 0.717) is 33.5 Å². The third-order valence-electron chi connectivity index (χ3n) is 5.36. The van der Waals surface area contributed by atoms with Gasteiger partial charge in [0.2, 0.25) is 5.78 Å². The predicted molar refractivity (Wildman–Crippen MR) is 110 cm³/mol. The SMILES string of the molecule is O=C1C2=C(C(=O)c3ccccc31)N1CCSC1=C([N+](=O)[O-])C2c1cccc(Cl)c1. The summed E-state index contributed by atoms with van der Waals surface area (Å²) in [5.41, 5.74) is 1.48. The lowest BCUT2D eigenvalue weighted by Gasteiger charge is -2.35. The van der Waals surface area contributed by atoms with Gasteiger partial charge in [0, 0.05) is 34.0 Å². The number of nitrogens with zero attached hydrogens (tertiary/aromatic N) is 2. The molecule has 144 valence electrons. The van der Waals surface area contributed by atoms with Crippen LogP contribution in [0.1, 0.15) is 32.2 Å². The summed E-state index contributed by atoms with van der Waals surface area (Å²) in [5, 5.41) is 13.0. The molecule has 6 nitrogen and oxygen atoms in total.